The molecule has 0 aromatic carbocycles. The van der Waals surface area contributed by atoms with Crippen molar-refractivity contribution in [2.24, 2.45) is 4.99 Å². The average molecular weight is 407 g/mol. The highest BCUT2D eigenvalue weighted by Gasteiger charge is 2.35. The van der Waals surface area contributed by atoms with Crippen molar-refractivity contribution in [2.75, 3.05) is 39.3 Å². The number of pyridine rings is 1. The summed E-state index contributed by atoms with van der Waals surface area (Å²) in [5, 5.41) is 3.46. The van der Waals surface area contributed by atoms with Gasteiger partial charge in [0.05, 0.1) is 17.8 Å². The predicted molar refractivity (Wildman–Crippen MR) is 121 cm³/mol. The topological polar surface area (TPSA) is 47.0 Å². The summed E-state index contributed by atoms with van der Waals surface area (Å²) in [6, 6.07) is 5.52. The van der Waals surface area contributed by atoms with Crippen LogP contribution in [0.3, 0.4) is 0 Å². The minimum Gasteiger partial charge on any atom is -0.355 e. The minimum absolute atomic E-state index is 0.297. The predicted octanol–water partition coefficient (Wildman–Crippen LogP) is 2.57. The van der Waals surface area contributed by atoms with Crippen LogP contribution in [0.15, 0.2) is 47.4 Å². The van der Waals surface area contributed by atoms with Crippen molar-refractivity contribution < 1.29 is 0 Å². The number of fused-ring (bicyclic) bond motifs is 2. The molecule has 0 spiro atoms. The van der Waals surface area contributed by atoms with Crippen LogP contribution < -0.4 is 5.32 Å². The zero-order valence-corrected chi connectivity index (χ0v) is 18.3. The molecule has 4 aliphatic rings. The molecule has 1 aromatic rings. The second kappa shape index (κ2) is 8.52. The van der Waals surface area contributed by atoms with Crippen molar-refractivity contribution in [2.45, 2.75) is 51.2 Å². The van der Waals surface area contributed by atoms with Gasteiger partial charge in [-0.1, -0.05) is 12.1 Å². The maximum absolute atomic E-state index is 5.14. The van der Waals surface area contributed by atoms with Crippen molar-refractivity contribution in [3.8, 4) is 0 Å². The standard InChI is InChI=1S/C24H34N6/c1-18(2)29(21-8-3-6-19-7-5-11-26-24(19)21)16-20-17-30-22(27-20)9-4-10-23(30)28-14-12-25-13-15-28/h4-5,7,9-11,18,20-21,25H,3,6,8,12-17H2,1-2H3. The highest BCUT2D eigenvalue weighted by molar-refractivity contribution is 5.96. The van der Waals surface area contributed by atoms with Crippen LogP contribution in [-0.4, -0.2) is 76.9 Å². The van der Waals surface area contributed by atoms with Gasteiger partial charge < -0.3 is 15.1 Å². The number of hydrogen-bond acceptors (Lipinski definition) is 6. The van der Waals surface area contributed by atoms with Gasteiger partial charge in [-0.25, -0.2) is 0 Å². The third-order valence-corrected chi connectivity index (χ3v) is 6.84. The van der Waals surface area contributed by atoms with Crippen LogP contribution in [0.1, 0.15) is 44.0 Å². The van der Waals surface area contributed by atoms with E-state index in [0.29, 0.717) is 18.1 Å². The van der Waals surface area contributed by atoms with E-state index in [1.54, 1.807) is 0 Å². The first kappa shape index (κ1) is 19.8. The molecule has 2 atom stereocenters. The highest BCUT2D eigenvalue weighted by atomic mass is 15.4. The van der Waals surface area contributed by atoms with Crippen LogP contribution in [0.25, 0.3) is 0 Å². The summed E-state index contributed by atoms with van der Waals surface area (Å²) in [5.41, 5.74) is 2.73. The lowest BCUT2D eigenvalue weighted by molar-refractivity contribution is 0.124. The fourth-order valence-electron chi connectivity index (χ4n) is 5.37. The molecule has 1 N–H and O–H groups in total. The molecule has 30 heavy (non-hydrogen) atoms. The Morgan fingerprint density at radius 1 is 1.27 bits per heavy atom. The molecule has 1 saturated heterocycles. The van der Waals surface area contributed by atoms with Crippen molar-refractivity contribution in [3.63, 3.8) is 0 Å². The summed E-state index contributed by atoms with van der Waals surface area (Å²) in [5.74, 6) is 2.45. The van der Waals surface area contributed by atoms with Crippen LogP contribution in [0.5, 0.6) is 0 Å². The monoisotopic (exact) mass is 406 g/mol. The largest absolute Gasteiger partial charge is 0.355 e. The van der Waals surface area contributed by atoms with E-state index in [0.717, 1.165) is 51.5 Å². The molecule has 6 heteroatoms. The van der Waals surface area contributed by atoms with E-state index in [2.05, 4.69) is 64.2 Å². The van der Waals surface area contributed by atoms with Gasteiger partial charge in [-0.15, -0.1) is 0 Å². The number of rotatable bonds is 5. The fourth-order valence-corrected chi connectivity index (χ4v) is 5.37. The number of nitrogens with one attached hydrogen (secondary N) is 1. The molecule has 4 heterocycles. The van der Waals surface area contributed by atoms with E-state index < -0.39 is 0 Å². The molecule has 0 amide bonds. The number of amidine groups is 1. The van der Waals surface area contributed by atoms with E-state index >= 15 is 0 Å². The summed E-state index contributed by atoms with van der Waals surface area (Å²) in [4.78, 5) is 17.5. The quantitative estimate of drug-likeness (QED) is 0.814. The molecule has 6 nitrogen and oxygen atoms in total. The lowest BCUT2D eigenvalue weighted by Gasteiger charge is -2.39. The maximum atomic E-state index is 5.14. The van der Waals surface area contributed by atoms with Crippen molar-refractivity contribution >= 4 is 5.84 Å². The normalized spacial score (nSPS) is 26.0. The first-order valence-corrected chi connectivity index (χ1v) is 11.6. The van der Waals surface area contributed by atoms with Gasteiger partial charge in [-0.05, 0) is 56.9 Å². The summed E-state index contributed by atoms with van der Waals surface area (Å²) in [6.07, 6.45) is 12.2. The van der Waals surface area contributed by atoms with Crippen LogP contribution in [-0.2, 0) is 6.42 Å². The third-order valence-electron chi connectivity index (χ3n) is 6.84. The van der Waals surface area contributed by atoms with Gasteiger partial charge in [0.15, 0.2) is 0 Å². The van der Waals surface area contributed by atoms with Crippen LogP contribution in [0, 0.1) is 0 Å². The SMILES string of the molecule is CC(C)N(CC1CN2C(N3CCNCC3)=CC=CC2=N1)C1CCCc2cccnc21. The Kier molecular flexibility index (Phi) is 5.61. The molecular weight excluding hydrogens is 372 g/mol. The lowest BCUT2D eigenvalue weighted by atomic mass is 9.90. The lowest BCUT2D eigenvalue weighted by Crippen LogP contribution is -2.48. The summed E-state index contributed by atoms with van der Waals surface area (Å²) < 4.78 is 0. The van der Waals surface area contributed by atoms with Gasteiger partial charge in [-0.3, -0.25) is 14.9 Å². The average Bonchev–Trinajstić information content (AvgIpc) is 3.20. The number of aryl methyl sites for hydroxylation is 1. The number of aromatic nitrogens is 1. The van der Waals surface area contributed by atoms with E-state index in [4.69, 9.17) is 9.98 Å². The molecule has 0 bridgehead atoms. The number of allylic oxidation sites excluding steroid dienone is 2. The smallest absolute Gasteiger partial charge is 0.129 e. The fraction of sp³-hybridized carbons (Fsp3) is 0.583. The molecule has 1 aliphatic carbocycles. The van der Waals surface area contributed by atoms with Gasteiger partial charge in [0.1, 0.15) is 11.7 Å². The van der Waals surface area contributed by atoms with Crippen molar-refractivity contribution in [3.05, 3.63) is 53.6 Å². The van der Waals surface area contributed by atoms with Crippen LogP contribution in [0.4, 0.5) is 0 Å². The number of nitrogens with zero attached hydrogens (tertiary/aromatic N) is 5. The van der Waals surface area contributed by atoms with Crippen molar-refractivity contribution in [1.29, 1.82) is 0 Å². The van der Waals surface area contributed by atoms with Crippen LogP contribution >= 0.6 is 0 Å². The Balaban J connectivity index is 1.33. The molecule has 2 unspecified atom stereocenters. The Morgan fingerprint density at radius 2 is 2.13 bits per heavy atom. The second-order valence-electron chi connectivity index (χ2n) is 9.12. The Morgan fingerprint density at radius 3 is 2.97 bits per heavy atom. The maximum Gasteiger partial charge on any atom is 0.129 e. The molecule has 1 aromatic heterocycles. The van der Waals surface area contributed by atoms with E-state index in [-0.39, 0.29) is 0 Å². The molecule has 3 aliphatic heterocycles. The second-order valence-corrected chi connectivity index (χ2v) is 9.12. The zero-order chi connectivity index (χ0) is 20.5. The molecular formula is C24H34N6. The Labute approximate surface area is 180 Å². The molecule has 0 radical (unpaired) electrons. The van der Waals surface area contributed by atoms with Gasteiger partial charge in [0.2, 0.25) is 0 Å². The van der Waals surface area contributed by atoms with Crippen LogP contribution in [0.2, 0.25) is 0 Å². The van der Waals surface area contributed by atoms with Gasteiger partial charge in [0.25, 0.3) is 0 Å². The molecule has 1 fully saturated rings. The highest BCUT2D eigenvalue weighted by Crippen LogP contribution is 2.35. The Bertz CT molecular complexity index is 851. The first-order chi connectivity index (χ1) is 14.7. The van der Waals surface area contributed by atoms with E-state index in [9.17, 15) is 0 Å². The number of aliphatic imine (C=N–C) groups is 1. The van der Waals surface area contributed by atoms with Crippen molar-refractivity contribution in [1.82, 2.24) is 25.0 Å². The van der Waals surface area contributed by atoms with E-state index in [1.165, 1.54) is 29.9 Å². The number of piperazine rings is 1. The molecule has 0 saturated carbocycles. The minimum atomic E-state index is 0.297. The Hall–Kier alpha value is -2.18. The summed E-state index contributed by atoms with van der Waals surface area (Å²) in [7, 11) is 0. The third kappa shape index (κ3) is 3.79. The summed E-state index contributed by atoms with van der Waals surface area (Å²) >= 11 is 0. The molecule has 5 rings (SSSR count). The van der Waals surface area contributed by atoms with E-state index in [1.807, 2.05) is 6.20 Å². The van der Waals surface area contributed by atoms with Gasteiger partial charge in [0, 0.05) is 51.5 Å². The van der Waals surface area contributed by atoms with Gasteiger partial charge in [-0.2, -0.15) is 0 Å². The zero-order valence-electron chi connectivity index (χ0n) is 18.3. The number of hydrogen-bond donors (Lipinski definition) is 1. The first-order valence-electron chi connectivity index (χ1n) is 11.6. The summed E-state index contributed by atoms with van der Waals surface area (Å²) in [6.45, 7) is 10.8. The van der Waals surface area contributed by atoms with Gasteiger partial charge >= 0.3 is 0 Å². The molecule has 160 valence electrons.